The fraction of sp³-hybridized carbons (Fsp3) is 0.333. The summed E-state index contributed by atoms with van der Waals surface area (Å²) in [4.78, 5) is 21.9. The molecule has 7 nitrogen and oxygen atoms in total. The van der Waals surface area contributed by atoms with E-state index in [0.29, 0.717) is 18.5 Å². The zero-order valence-corrected chi connectivity index (χ0v) is 12.6. The second-order valence-electron chi connectivity index (χ2n) is 5.13. The third-order valence-electron chi connectivity index (χ3n) is 3.37. The number of carbonyl (C=O) groups is 1. The van der Waals surface area contributed by atoms with E-state index in [4.69, 9.17) is 0 Å². The Morgan fingerprint density at radius 3 is 2.87 bits per heavy atom. The second kappa shape index (κ2) is 7.48. The molecule has 0 aliphatic carbocycles. The highest BCUT2D eigenvalue weighted by atomic mass is 19.1. The molecule has 1 aromatic carbocycles. The number of halogens is 1. The van der Waals surface area contributed by atoms with Crippen molar-refractivity contribution in [2.24, 2.45) is 0 Å². The standard InChI is InChI=1S/C15H17FN4O3/c1-11(13-5-2-3-6-14(13)16)18-15(21)7-4-8-19-10-12(9-17-19)20(22)23/h2-3,5-6,9-11H,4,7-8H2,1H3,(H,18,21). The van der Waals surface area contributed by atoms with Gasteiger partial charge in [-0.25, -0.2) is 4.39 Å². The number of hydrogen-bond acceptors (Lipinski definition) is 4. The highest BCUT2D eigenvalue weighted by Crippen LogP contribution is 2.16. The van der Waals surface area contributed by atoms with Crippen LogP contribution < -0.4 is 5.32 Å². The molecule has 1 heterocycles. The molecule has 0 aliphatic heterocycles. The zero-order valence-electron chi connectivity index (χ0n) is 12.6. The van der Waals surface area contributed by atoms with E-state index in [-0.39, 0.29) is 23.8 Å². The van der Waals surface area contributed by atoms with Crippen LogP contribution in [-0.4, -0.2) is 20.6 Å². The highest BCUT2D eigenvalue weighted by molar-refractivity contribution is 5.76. The van der Waals surface area contributed by atoms with Crippen molar-refractivity contribution in [1.82, 2.24) is 15.1 Å². The summed E-state index contributed by atoms with van der Waals surface area (Å²) in [5.74, 6) is -0.563. The lowest BCUT2D eigenvalue weighted by atomic mass is 10.1. The van der Waals surface area contributed by atoms with Gasteiger partial charge in [0.15, 0.2) is 0 Å². The third kappa shape index (κ3) is 4.60. The molecule has 0 saturated heterocycles. The molecule has 1 aromatic heterocycles. The van der Waals surface area contributed by atoms with Gasteiger partial charge in [-0.3, -0.25) is 19.6 Å². The molecule has 0 radical (unpaired) electrons. The van der Waals surface area contributed by atoms with Gasteiger partial charge in [0.25, 0.3) is 0 Å². The molecular formula is C15H17FN4O3. The lowest BCUT2D eigenvalue weighted by molar-refractivity contribution is -0.385. The Hall–Kier alpha value is -2.77. The Bertz CT molecular complexity index is 702. The van der Waals surface area contributed by atoms with Crippen LogP contribution in [0.3, 0.4) is 0 Å². The van der Waals surface area contributed by atoms with E-state index in [0.717, 1.165) is 0 Å². The van der Waals surface area contributed by atoms with Gasteiger partial charge < -0.3 is 5.32 Å². The first-order valence-electron chi connectivity index (χ1n) is 7.18. The molecule has 0 bridgehead atoms. The van der Waals surface area contributed by atoms with Gasteiger partial charge in [0.2, 0.25) is 5.91 Å². The average Bonchev–Trinajstić information content (AvgIpc) is 2.96. The summed E-state index contributed by atoms with van der Waals surface area (Å²) in [5, 5.41) is 17.1. The molecule has 8 heteroatoms. The maximum atomic E-state index is 13.6. The van der Waals surface area contributed by atoms with Crippen LogP contribution in [0.2, 0.25) is 0 Å². The maximum Gasteiger partial charge on any atom is 0.306 e. The van der Waals surface area contributed by atoms with Crippen molar-refractivity contribution in [2.75, 3.05) is 0 Å². The van der Waals surface area contributed by atoms with Crippen LogP contribution in [0.25, 0.3) is 0 Å². The Labute approximate surface area is 132 Å². The van der Waals surface area contributed by atoms with Gasteiger partial charge in [-0.05, 0) is 19.4 Å². The van der Waals surface area contributed by atoms with Crippen LogP contribution in [0.1, 0.15) is 31.4 Å². The van der Waals surface area contributed by atoms with Crippen molar-refractivity contribution in [2.45, 2.75) is 32.4 Å². The van der Waals surface area contributed by atoms with E-state index in [1.807, 2.05) is 0 Å². The van der Waals surface area contributed by atoms with Crippen molar-refractivity contribution in [3.05, 3.63) is 58.2 Å². The normalized spacial score (nSPS) is 11.9. The van der Waals surface area contributed by atoms with Crippen LogP contribution >= 0.6 is 0 Å². The zero-order chi connectivity index (χ0) is 16.8. The van der Waals surface area contributed by atoms with Gasteiger partial charge in [-0.15, -0.1) is 0 Å². The molecule has 2 aromatic rings. The number of benzene rings is 1. The predicted molar refractivity (Wildman–Crippen MR) is 81.1 cm³/mol. The molecule has 0 fully saturated rings. The van der Waals surface area contributed by atoms with Gasteiger partial charge in [0.05, 0.1) is 11.0 Å². The largest absolute Gasteiger partial charge is 0.349 e. The van der Waals surface area contributed by atoms with Crippen LogP contribution in [0.4, 0.5) is 10.1 Å². The third-order valence-corrected chi connectivity index (χ3v) is 3.37. The van der Waals surface area contributed by atoms with Crippen LogP contribution in [-0.2, 0) is 11.3 Å². The lowest BCUT2D eigenvalue weighted by Crippen LogP contribution is -2.27. The number of nitrogens with zero attached hydrogens (tertiary/aromatic N) is 3. The summed E-state index contributed by atoms with van der Waals surface area (Å²) in [6, 6.07) is 5.86. The lowest BCUT2D eigenvalue weighted by Gasteiger charge is -2.15. The molecule has 0 saturated carbocycles. The Balaban J connectivity index is 1.78. The van der Waals surface area contributed by atoms with E-state index in [1.54, 1.807) is 25.1 Å². The van der Waals surface area contributed by atoms with Crippen LogP contribution in [0.15, 0.2) is 36.7 Å². The number of aryl methyl sites for hydroxylation is 1. The number of nitro groups is 1. The number of hydrogen-bond donors (Lipinski definition) is 1. The van der Waals surface area contributed by atoms with Gasteiger partial charge in [-0.1, -0.05) is 18.2 Å². The van der Waals surface area contributed by atoms with Crippen molar-refractivity contribution >= 4 is 11.6 Å². The molecule has 2 rings (SSSR count). The van der Waals surface area contributed by atoms with E-state index in [2.05, 4.69) is 10.4 Å². The molecule has 23 heavy (non-hydrogen) atoms. The Morgan fingerprint density at radius 1 is 1.48 bits per heavy atom. The van der Waals surface area contributed by atoms with Crippen LogP contribution in [0.5, 0.6) is 0 Å². The molecule has 1 unspecified atom stereocenters. The molecule has 1 N–H and O–H groups in total. The summed E-state index contributed by atoms with van der Waals surface area (Å²) in [5.41, 5.74) is 0.353. The summed E-state index contributed by atoms with van der Waals surface area (Å²) in [6.45, 7) is 2.11. The monoisotopic (exact) mass is 320 g/mol. The van der Waals surface area contributed by atoms with Crippen molar-refractivity contribution in [1.29, 1.82) is 0 Å². The topological polar surface area (TPSA) is 90.1 Å². The van der Waals surface area contributed by atoms with Gasteiger partial charge >= 0.3 is 5.69 Å². The summed E-state index contributed by atoms with van der Waals surface area (Å²) in [6.07, 6.45) is 3.20. The molecule has 0 spiro atoms. The first kappa shape index (κ1) is 16.6. The van der Waals surface area contributed by atoms with E-state index >= 15 is 0 Å². The SMILES string of the molecule is CC(NC(=O)CCCn1cc([N+](=O)[O-])cn1)c1ccccc1F. The quantitative estimate of drug-likeness (QED) is 0.627. The summed E-state index contributed by atoms with van der Waals surface area (Å²) >= 11 is 0. The number of aromatic nitrogens is 2. The molecule has 122 valence electrons. The maximum absolute atomic E-state index is 13.6. The first-order chi connectivity index (χ1) is 11.0. The van der Waals surface area contributed by atoms with E-state index in [9.17, 15) is 19.3 Å². The molecule has 1 atom stereocenters. The van der Waals surface area contributed by atoms with Gasteiger partial charge in [-0.2, -0.15) is 5.10 Å². The average molecular weight is 320 g/mol. The predicted octanol–water partition coefficient (Wildman–Crippen LogP) is 2.59. The molecule has 1 amide bonds. The van der Waals surface area contributed by atoms with Crippen molar-refractivity contribution in [3.8, 4) is 0 Å². The smallest absolute Gasteiger partial charge is 0.306 e. The van der Waals surface area contributed by atoms with Crippen molar-refractivity contribution in [3.63, 3.8) is 0 Å². The highest BCUT2D eigenvalue weighted by Gasteiger charge is 2.13. The molecular weight excluding hydrogens is 303 g/mol. The van der Waals surface area contributed by atoms with Crippen LogP contribution in [0, 0.1) is 15.9 Å². The fourth-order valence-corrected chi connectivity index (χ4v) is 2.19. The molecule has 0 aliphatic rings. The summed E-state index contributed by atoms with van der Waals surface area (Å²) < 4.78 is 15.0. The fourth-order valence-electron chi connectivity index (χ4n) is 2.19. The number of rotatable bonds is 7. The number of nitrogens with one attached hydrogen (secondary N) is 1. The minimum atomic E-state index is -0.522. The van der Waals surface area contributed by atoms with E-state index < -0.39 is 11.0 Å². The second-order valence-corrected chi connectivity index (χ2v) is 5.13. The summed E-state index contributed by atoms with van der Waals surface area (Å²) in [7, 11) is 0. The van der Waals surface area contributed by atoms with Gasteiger partial charge in [0, 0.05) is 18.5 Å². The minimum Gasteiger partial charge on any atom is -0.349 e. The minimum absolute atomic E-state index is 0.0809. The van der Waals surface area contributed by atoms with Gasteiger partial charge in [0.1, 0.15) is 18.2 Å². The van der Waals surface area contributed by atoms with E-state index in [1.165, 1.54) is 23.1 Å². The number of amides is 1. The Kier molecular flexibility index (Phi) is 5.40. The first-order valence-corrected chi connectivity index (χ1v) is 7.18. The number of carbonyl (C=O) groups excluding carboxylic acids is 1. The van der Waals surface area contributed by atoms with Crippen molar-refractivity contribution < 1.29 is 14.1 Å². The Morgan fingerprint density at radius 2 is 2.22 bits per heavy atom.